The molecule has 2 aromatic rings. The first-order valence-electron chi connectivity index (χ1n) is 7.09. The maximum Gasteiger partial charge on any atom is 0.329 e. The number of nitrogens with one attached hydrogen (secondary N) is 1. The molecule has 0 aliphatic carbocycles. The van der Waals surface area contributed by atoms with Crippen LogP contribution in [0.3, 0.4) is 0 Å². The second-order valence-corrected chi connectivity index (χ2v) is 6.78. The van der Waals surface area contributed by atoms with E-state index in [1.54, 1.807) is 18.2 Å². The van der Waals surface area contributed by atoms with Gasteiger partial charge in [0.1, 0.15) is 6.10 Å². The molecular formula is C16H16N2O6S. The van der Waals surface area contributed by atoms with Gasteiger partial charge in [-0.3, -0.25) is 4.79 Å². The van der Waals surface area contributed by atoms with E-state index in [1.165, 1.54) is 24.3 Å². The molecule has 0 aromatic heterocycles. The molecule has 2 aromatic carbocycles. The fourth-order valence-corrected chi connectivity index (χ4v) is 2.65. The van der Waals surface area contributed by atoms with Crippen molar-refractivity contribution >= 4 is 21.9 Å². The van der Waals surface area contributed by atoms with Crippen LogP contribution in [0, 0.1) is 0 Å². The van der Waals surface area contributed by atoms with Crippen LogP contribution in [0.1, 0.15) is 22.0 Å². The van der Waals surface area contributed by atoms with E-state index in [0.717, 1.165) is 12.1 Å². The summed E-state index contributed by atoms with van der Waals surface area (Å²) < 4.78 is 22.4. The third kappa shape index (κ3) is 4.63. The lowest BCUT2D eigenvalue weighted by molar-refractivity contribution is -0.142. The number of sulfonamides is 1. The zero-order chi connectivity index (χ0) is 18.6. The number of aliphatic hydroxyl groups excluding tert-OH is 1. The number of carboxylic acid groups (broad SMARTS) is 1. The highest BCUT2D eigenvalue weighted by Crippen LogP contribution is 2.17. The van der Waals surface area contributed by atoms with Crippen LogP contribution < -0.4 is 10.5 Å². The van der Waals surface area contributed by atoms with Crippen LogP contribution in [-0.4, -0.2) is 36.5 Å². The predicted molar refractivity (Wildman–Crippen MR) is 88.1 cm³/mol. The number of benzene rings is 2. The average Bonchev–Trinajstić information content (AvgIpc) is 2.58. The molecule has 132 valence electrons. The first kappa shape index (κ1) is 18.6. The first-order chi connectivity index (χ1) is 11.7. The molecule has 9 heteroatoms. The Kier molecular flexibility index (Phi) is 5.52. The van der Waals surface area contributed by atoms with E-state index in [2.05, 4.69) is 5.32 Å². The van der Waals surface area contributed by atoms with Gasteiger partial charge in [-0.2, -0.15) is 0 Å². The van der Waals surface area contributed by atoms with Crippen molar-refractivity contribution in [2.75, 3.05) is 0 Å². The van der Waals surface area contributed by atoms with E-state index in [4.69, 9.17) is 5.14 Å². The SMILES string of the molecule is NS(=O)(=O)c1ccc(C(=O)N[C@H](C(=O)O)C(O)c2ccccc2)cc1. The van der Waals surface area contributed by atoms with Gasteiger partial charge < -0.3 is 15.5 Å². The van der Waals surface area contributed by atoms with Gasteiger partial charge in [-0.1, -0.05) is 30.3 Å². The quantitative estimate of drug-likeness (QED) is 0.578. The van der Waals surface area contributed by atoms with Crippen molar-refractivity contribution in [1.29, 1.82) is 0 Å². The Labute approximate surface area is 144 Å². The normalized spacial score (nSPS) is 13.7. The maximum absolute atomic E-state index is 12.2. The van der Waals surface area contributed by atoms with Crippen molar-refractivity contribution in [3.05, 3.63) is 65.7 Å². The number of primary sulfonamides is 1. The number of carboxylic acids is 1. The zero-order valence-electron chi connectivity index (χ0n) is 12.9. The summed E-state index contributed by atoms with van der Waals surface area (Å²) >= 11 is 0. The van der Waals surface area contributed by atoms with Crippen LogP contribution in [-0.2, 0) is 14.8 Å². The second kappa shape index (κ2) is 7.43. The van der Waals surface area contributed by atoms with Gasteiger partial charge in [0.25, 0.3) is 5.91 Å². The molecule has 2 atom stereocenters. The first-order valence-corrected chi connectivity index (χ1v) is 8.64. The van der Waals surface area contributed by atoms with Gasteiger partial charge in [-0.15, -0.1) is 0 Å². The molecule has 0 spiro atoms. The summed E-state index contributed by atoms with van der Waals surface area (Å²) in [6.45, 7) is 0. The van der Waals surface area contributed by atoms with E-state index < -0.39 is 34.0 Å². The molecule has 25 heavy (non-hydrogen) atoms. The molecule has 8 nitrogen and oxygen atoms in total. The largest absolute Gasteiger partial charge is 0.480 e. The van der Waals surface area contributed by atoms with Crippen molar-refractivity contribution in [1.82, 2.24) is 5.32 Å². The number of amides is 1. The Morgan fingerprint density at radius 1 is 1.00 bits per heavy atom. The van der Waals surface area contributed by atoms with Crippen LogP contribution in [0.25, 0.3) is 0 Å². The lowest BCUT2D eigenvalue weighted by atomic mass is 10.0. The molecule has 0 bridgehead atoms. The molecule has 0 aliphatic heterocycles. The Balaban J connectivity index is 2.19. The van der Waals surface area contributed by atoms with E-state index in [9.17, 15) is 28.2 Å². The van der Waals surface area contributed by atoms with Crippen molar-refractivity contribution in [2.24, 2.45) is 5.14 Å². The fourth-order valence-electron chi connectivity index (χ4n) is 2.14. The molecular weight excluding hydrogens is 348 g/mol. The molecule has 0 heterocycles. The Bertz CT molecular complexity index is 865. The Morgan fingerprint density at radius 2 is 1.56 bits per heavy atom. The number of rotatable bonds is 6. The van der Waals surface area contributed by atoms with E-state index in [0.29, 0.717) is 5.56 Å². The number of carbonyl (C=O) groups excluding carboxylic acids is 1. The minimum atomic E-state index is -3.90. The lowest BCUT2D eigenvalue weighted by Gasteiger charge is -2.20. The third-order valence-corrected chi connectivity index (χ3v) is 4.38. The summed E-state index contributed by atoms with van der Waals surface area (Å²) in [7, 11) is -3.90. The number of hydrogen-bond acceptors (Lipinski definition) is 5. The molecule has 0 saturated carbocycles. The number of carbonyl (C=O) groups is 2. The number of hydrogen-bond donors (Lipinski definition) is 4. The summed E-state index contributed by atoms with van der Waals surface area (Å²) in [6.07, 6.45) is -1.45. The predicted octanol–water partition coefficient (Wildman–Crippen LogP) is 0.251. The van der Waals surface area contributed by atoms with Gasteiger partial charge >= 0.3 is 5.97 Å². The molecule has 0 fully saturated rings. The minimum absolute atomic E-state index is 0.0268. The number of aliphatic hydroxyl groups is 1. The van der Waals surface area contributed by atoms with Crippen LogP contribution in [0.4, 0.5) is 0 Å². The maximum atomic E-state index is 12.2. The van der Waals surface area contributed by atoms with Crippen LogP contribution in [0.5, 0.6) is 0 Å². The smallest absolute Gasteiger partial charge is 0.329 e. The molecule has 2 rings (SSSR count). The topological polar surface area (TPSA) is 147 Å². The van der Waals surface area contributed by atoms with E-state index >= 15 is 0 Å². The highest BCUT2D eigenvalue weighted by molar-refractivity contribution is 7.89. The molecule has 0 radical (unpaired) electrons. The molecule has 1 unspecified atom stereocenters. The summed E-state index contributed by atoms with van der Waals surface area (Å²) in [5, 5.41) is 26.7. The number of aliphatic carboxylic acids is 1. The number of nitrogens with two attached hydrogens (primary N) is 1. The monoisotopic (exact) mass is 364 g/mol. The van der Waals surface area contributed by atoms with Crippen LogP contribution >= 0.6 is 0 Å². The summed E-state index contributed by atoms with van der Waals surface area (Å²) in [4.78, 5) is 23.4. The van der Waals surface area contributed by atoms with Crippen molar-refractivity contribution < 1.29 is 28.2 Å². The van der Waals surface area contributed by atoms with Crippen molar-refractivity contribution in [3.63, 3.8) is 0 Å². The third-order valence-electron chi connectivity index (χ3n) is 3.45. The molecule has 0 saturated heterocycles. The molecule has 5 N–H and O–H groups in total. The highest BCUT2D eigenvalue weighted by atomic mass is 32.2. The standard InChI is InChI=1S/C16H16N2O6S/c17-25(23,24)12-8-6-11(7-9-12)15(20)18-13(16(21)22)14(19)10-4-2-1-3-5-10/h1-9,13-14,19H,(H,18,20)(H,21,22)(H2,17,23,24)/t13-,14?/m0/s1. The van der Waals surface area contributed by atoms with Gasteiger partial charge in [0.05, 0.1) is 4.90 Å². The van der Waals surface area contributed by atoms with Crippen LogP contribution in [0.15, 0.2) is 59.5 Å². The summed E-state index contributed by atoms with van der Waals surface area (Å²) in [6, 6.07) is 11.1. The lowest BCUT2D eigenvalue weighted by Crippen LogP contribution is -2.45. The Hall–Kier alpha value is -2.75. The minimum Gasteiger partial charge on any atom is -0.480 e. The van der Waals surface area contributed by atoms with E-state index in [1.807, 2.05) is 0 Å². The van der Waals surface area contributed by atoms with Gasteiger partial charge in [0.15, 0.2) is 6.04 Å². The van der Waals surface area contributed by atoms with Crippen molar-refractivity contribution in [3.8, 4) is 0 Å². The Morgan fingerprint density at radius 3 is 2.04 bits per heavy atom. The van der Waals surface area contributed by atoms with Crippen LogP contribution in [0.2, 0.25) is 0 Å². The average molecular weight is 364 g/mol. The van der Waals surface area contributed by atoms with Gasteiger partial charge in [0.2, 0.25) is 10.0 Å². The van der Waals surface area contributed by atoms with Gasteiger partial charge in [0, 0.05) is 5.56 Å². The summed E-state index contributed by atoms with van der Waals surface area (Å²) in [5.41, 5.74) is 0.360. The molecule has 0 aliphatic rings. The second-order valence-electron chi connectivity index (χ2n) is 5.21. The highest BCUT2D eigenvalue weighted by Gasteiger charge is 2.29. The summed E-state index contributed by atoms with van der Waals surface area (Å²) in [5.74, 6) is -2.19. The van der Waals surface area contributed by atoms with Gasteiger partial charge in [-0.05, 0) is 29.8 Å². The zero-order valence-corrected chi connectivity index (χ0v) is 13.7. The fraction of sp³-hybridized carbons (Fsp3) is 0.125. The van der Waals surface area contributed by atoms with Crippen molar-refractivity contribution in [2.45, 2.75) is 17.0 Å². The molecule has 1 amide bonds. The van der Waals surface area contributed by atoms with E-state index in [-0.39, 0.29) is 10.5 Å². The van der Waals surface area contributed by atoms with Gasteiger partial charge in [-0.25, -0.2) is 18.4 Å².